The number of fused-ring (bicyclic) bond motifs is 1. The molecule has 0 atom stereocenters. The lowest BCUT2D eigenvalue weighted by atomic mass is 10.2. The van der Waals surface area contributed by atoms with Crippen LogP contribution in [0.2, 0.25) is 10.0 Å². The first-order valence-corrected chi connectivity index (χ1v) is 9.80. The number of rotatable bonds is 4. The van der Waals surface area contributed by atoms with E-state index >= 15 is 0 Å². The molecule has 3 nitrogen and oxygen atoms in total. The predicted molar refractivity (Wildman–Crippen MR) is 102 cm³/mol. The van der Waals surface area contributed by atoms with Crippen molar-refractivity contribution in [1.82, 2.24) is 14.6 Å². The van der Waals surface area contributed by atoms with Crippen LogP contribution in [0.15, 0.2) is 59.1 Å². The van der Waals surface area contributed by atoms with Gasteiger partial charge in [-0.3, -0.25) is 4.40 Å². The van der Waals surface area contributed by atoms with Crippen LogP contribution >= 0.6 is 46.3 Å². The Labute approximate surface area is 157 Å². The van der Waals surface area contributed by atoms with Crippen molar-refractivity contribution in [1.29, 1.82) is 0 Å². The summed E-state index contributed by atoms with van der Waals surface area (Å²) in [5, 5.41) is 13.0. The Morgan fingerprint density at radius 3 is 2.50 bits per heavy atom. The molecule has 120 valence electrons. The second kappa shape index (κ2) is 6.76. The number of hydrogen-bond donors (Lipinski definition) is 0. The summed E-state index contributed by atoms with van der Waals surface area (Å²) >= 11 is 15.8. The Hall–Kier alpha value is -1.53. The molecule has 0 spiro atoms. The van der Waals surface area contributed by atoms with E-state index in [-0.39, 0.29) is 0 Å². The largest absolute Gasteiger partial charge is 0.260 e. The maximum Gasteiger partial charge on any atom is 0.217 e. The molecule has 0 saturated carbocycles. The van der Waals surface area contributed by atoms with Gasteiger partial charge in [0, 0.05) is 26.7 Å². The average Bonchev–Trinajstić information content (AvgIpc) is 3.17. The average molecular weight is 392 g/mol. The monoisotopic (exact) mass is 391 g/mol. The number of benzene rings is 2. The molecular formula is C17H11Cl2N3S2. The standard InChI is InChI=1S/C17H11Cl2N3S2/c18-13-7-3-1-5-11(13)9-23-16-20-21-17-22(16)15(10-24-17)12-6-2-4-8-14(12)19/h1-8,10H,9H2. The molecule has 2 heterocycles. The van der Waals surface area contributed by atoms with Crippen molar-refractivity contribution in [2.45, 2.75) is 10.9 Å². The summed E-state index contributed by atoms with van der Waals surface area (Å²) in [6.45, 7) is 0. The number of halogens is 2. The van der Waals surface area contributed by atoms with Gasteiger partial charge in [-0.15, -0.1) is 21.5 Å². The second-order valence-electron chi connectivity index (χ2n) is 5.08. The minimum atomic E-state index is 0.716. The van der Waals surface area contributed by atoms with Crippen LogP contribution < -0.4 is 0 Å². The van der Waals surface area contributed by atoms with Crippen LogP contribution in [0.3, 0.4) is 0 Å². The van der Waals surface area contributed by atoms with Gasteiger partial charge < -0.3 is 0 Å². The fourth-order valence-electron chi connectivity index (χ4n) is 2.40. The van der Waals surface area contributed by atoms with Crippen LogP contribution in [0.1, 0.15) is 5.56 Å². The minimum absolute atomic E-state index is 0.716. The predicted octanol–water partition coefficient (Wildman–Crippen LogP) is 6.06. The normalized spacial score (nSPS) is 11.2. The molecule has 0 N–H and O–H groups in total. The summed E-state index contributed by atoms with van der Waals surface area (Å²) in [5.74, 6) is 0.734. The molecule has 0 bridgehead atoms. The smallest absolute Gasteiger partial charge is 0.217 e. The molecule has 7 heteroatoms. The van der Waals surface area contributed by atoms with Gasteiger partial charge >= 0.3 is 0 Å². The molecule has 0 aliphatic heterocycles. The lowest BCUT2D eigenvalue weighted by molar-refractivity contribution is 0.927. The Morgan fingerprint density at radius 1 is 0.958 bits per heavy atom. The number of thioether (sulfide) groups is 1. The van der Waals surface area contributed by atoms with Crippen molar-refractivity contribution in [3.05, 3.63) is 69.5 Å². The number of nitrogens with zero attached hydrogens (tertiary/aromatic N) is 3. The van der Waals surface area contributed by atoms with E-state index in [0.717, 1.165) is 37.7 Å². The van der Waals surface area contributed by atoms with E-state index in [0.29, 0.717) is 5.02 Å². The third-order valence-corrected chi connectivity index (χ3v) is 6.08. The molecule has 0 fully saturated rings. The maximum absolute atomic E-state index is 6.36. The third kappa shape index (κ3) is 2.93. The van der Waals surface area contributed by atoms with Gasteiger partial charge in [0.15, 0.2) is 5.16 Å². The van der Waals surface area contributed by atoms with Crippen molar-refractivity contribution in [3.8, 4) is 11.3 Å². The first-order chi connectivity index (χ1) is 11.7. The van der Waals surface area contributed by atoms with E-state index in [1.54, 1.807) is 23.1 Å². The Morgan fingerprint density at radius 2 is 1.71 bits per heavy atom. The molecule has 0 amide bonds. The van der Waals surface area contributed by atoms with E-state index in [9.17, 15) is 0 Å². The molecular weight excluding hydrogens is 381 g/mol. The molecule has 2 aromatic carbocycles. The number of thiazole rings is 1. The van der Waals surface area contributed by atoms with Crippen LogP contribution in [0.5, 0.6) is 0 Å². The van der Waals surface area contributed by atoms with Gasteiger partial charge in [-0.05, 0) is 17.7 Å². The molecule has 0 unspecified atom stereocenters. The second-order valence-corrected chi connectivity index (χ2v) is 7.67. The zero-order valence-corrected chi connectivity index (χ0v) is 15.5. The number of aromatic nitrogens is 3. The molecule has 4 aromatic rings. The summed E-state index contributed by atoms with van der Waals surface area (Å²) in [5.41, 5.74) is 3.06. The third-order valence-electron chi connectivity index (χ3n) is 3.58. The zero-order valence-electron chi connectivity index (χ0n) is 12.3. The Bertz CT molecular complexity index is 1010. The highest BCUT2D eigenvalue weighted by atomic mass is 35.5. The topological polar surface area (TPSA) is 30.2 Å². The van der Waals surface area contributed by atoms with Crippen LogP contribution in [0.4, 0.5) is 0 Å². The fraction of sp³-hybridized carbons (Fsp3) is 0.0588. The van der Waals surface area contributed by atoms with Gasteiger partial charge in [-0.1, -0.05) is 71.4 Å². The maximum atomic E-state index is 6.36. The number of hydrogen-bond acceptors (Lipinski definition) is 4. The van der Waals surface area contributed by atoms with E-state index in [1.165, 1.54) is 0 Å². The van der Waals surface area contributed by atoms with E-state index in [2.05, 4.69) is 15.6 Å². The van der Waals surface area contributed by atoms with Crippen molar-refractivity contribution in [2.24, 2.45) is 0 Å². The highest BCUT2D eigenvalue weighted by molar-refractivity contribution is 7.98. The first-order valence-electron chi connectivity index (χ1n) is 7.18. The summed E-state index contributed by atoms with van der Waals surface area (Å²) in [4.78, 5) is 0.853. The van der Waals surface area contributed by atoms with E-state index in [4.69, 9.17) is 23.2 Å². The van der Waals surface area contributed by atoms with Crippen LogP contribution in [-0.4, -0.2) is 14.6 Å². The molecule has 4 rings (SSSR count). The van der Waals surface area contributed by atoms with Crippen molar-refractivity contribution in [3.63, 3.8) is 0 Å². The van der Waals surface area contributed by atoms with Gasteiger partial charge in [-0.2, -0.15) is 0 Å². The molecule has 24 heavy (non-hydrogen) atoms. The molecule has 0 radical (unpaired) electrons. The fourth-order valence-corrected chi connectivity index (χ4v) is 4.75. The quantitative estimate of drug-likeness (QED) is 0.396. The van der Waals surface area contributed by atoms with Crippen molar-refractivity contribution in [2.75, 3.05) is 0 Å². The van der Waals surface area contributed by atoms with Crippen LogP contribution in [0, 0.1) is 0 Å². The van der Waals surface area contributed by atoms with E-state index < -0.39 is 0 Å². The summed E-state index contributed by atoms with van der Waals surface area (Å²) in [7, 11) is 0. The van der Waals surface area contributed by atoms with Gasteiger partial charge in [0.1, 0.15) is 0 Å². The Kier molecular flexibility index (Phi) is 4.50. The minimum Gasteiger partial charge on any atom is -0.260 e. The van der Waals surface area contributed by atoms with E-state index in [1.807, 2.05) is 52.9 Å². The zero-order chi connectivity index (χ0) is 16.5. The lowest BCUT2D eigenvalue weighted by Gasteiger charge is -2.06. The summed E-state index contributed by atoms with van der Waals surface area (Å²) in [6.07, 6.45) is 0. The van der Waals surface area contributed by atoms with Gasteiger partial charge in [0.25, 0.3) is 0 Å². The van der Waals surface area contributed by atoms with Gasteiger partial charge in [0.05, 0.1) is 5.69 Å². The van der Waals surface area contributed by atoms with Gasteiger partial charge in [-0.25, -0.2) is 0 Å². The van der Waals surface area contributed by atoms with Gasteiger partial charge in [0.2, 0.25) is 4.96 Å². The van der Waals surface area contributed by atoms with Crippen LogP contribution in [0.25, 0.3) is 16.2 Å². The SMILES string of the molecule is Clc1ccccc1CSc1nnc2scc(-c3ccccc3Cl)n12. The van der Waals surface area contributed by atoms with Crippen molar-refractivity contribution < 1.29 is 0 Å². The molecule has 2 aromatic heterocycles. The molecule has 0 saturated heterocycles. The van der Waals surface area contributed by atoms with Crippen molar-refractivity contribution >= 4 is 51.3 Å². The highest BCUT2D eigenvalue weighted by Crippen LogP contribution is 2.34. The summed E-state index contributed by atoms with van der Waals surface area (Å²) < 4.78 is 2.05. The van der Waals surface area contributed by atoms with Crippen LogP contribution in [-0.2, 0) is 5.75 Å². The Balaban J connectivity index is 1.71. The molecule has 0 aliphatic rings. The first kappa shape index (κ1) is 16.0. The highest BCUT2D eigenvalue weighted by Gasteiger charge is 2.16. The molecule has 0 aliphatic carbocycles. The lowest BCUT2D eigenvalue weighted by Crippen LogP contribution is -1.91. The summed E-state index contributed by atoms with van der Waals surface area (Å²) in [6, 6.07) is 15.6.